The molecule has 0 bridgehead atoms. The van der Waals surface area contributed by atoms with Gasteiger partial charge in [0.05, 0.1) is 6.10 Å². The molecule has 0 unspecified atom stereocenters. The number of hydrogen-bond acceptors (Lipinski definition) is 2. The lowest BCUT2D eigenvalue weighted by molar-refractivity contribution is 0.242. The second-order valence-corrected chi connectivity index (χ2v) is 5.42. The Morgan fingerprint density at radius 1 is 0.952 bits per heavy atom. The summed E-state index contributed by atoms with van der Waals surface area (Å²) in [5.41, 5.74) is 7.98. The Morgan fingerprint density at radius 2 is 1.48 bits per heavy atom. The zero-order valence-corrected chi connectivity index (χ0v) is 12.6. The zero-order chi connectivity index (χ0) is 15.2. The Morgan fingerprint density at radius 3 is 1.95 bits per heavy atom. The molecule has 2 aromatic carbocycles. The van der Waals surface area contributed by atoms with Gasteiger partial charge in [-0.15, -0.1) is 0 Å². The first-order valence-corrected chi connectivity index (χ1v) is 7.32. The van der Waals surface area contributed by atoms with Gasteiger partial charge < -0.3 is 10.5 Å². The topological polar surface area (TPSA) is 35.2 Å². The first-order chi connectivity index (χ1) is 10.1. The Kier molecular flexibility index (Phi) is 5.34. The lowest BCUT2D eigenvalue weighted by atomic mass is 9.88. The lowest BCUT2D eigenvalue weighted by Crippen LogP contribution is -2.09. The Hall–Kier alpha value is -1.87. The van der Waals surface area contributed by atoms with Crippen molar-refractivity contribution in [3.8, 4) is 5.75 Å². The molecule has 112 valence electrons. The Bertz CT molecular complexity index is 548. The standard InChI is InChI=1S/C18H22FNO/c1-13(2)21-17-9-5-15(6-10-17)18(11-12-20)14-3-7-16(19)8-4-14/h3-10,13,18H,11-12,20H2,1-2H3/t18-/m1/s1. The average molecular weight is 287 g/mol. The monoisotopic (exact) mass is 287 g/mol. The van der Waals surface area contributed by atoms with Crippen LogP contribution < -0.4 is 10.5 Å². The van der Waals surface area contributed by atoms with Crippen molar-refractivity contribution < 1.29 is 9.13 Å². The van der Waals surface area contributed by atoms with E-state index in [2.05, 4.69) is 12.1 Å². The number of benzene rings is 2. The molecule has 0 aliphatic rings. The molecule has 3 heteroatoms. The van der Waals surface area contributed by atoms with Crippen LogP contribution in [0.25, 0.3) is 0 Å². The molecule has 0 saturated carbocycles. The Labute approximate surface area is 125 Å². The maximum Gasteiger partial charge on any atom is 0.123 e. The normalized spacial score (nSPS) is 12.4. The van der Waals surface area contributed by atoms with Gasteiger partial charge in [0.15, 0.2) is 0 Å². The number of rotatable bonds is 6. The molecule has 0 amide bonds. The quantitative estimate of drug-likeness (QED) is 0.868. The molecule has 0 spiro atoms. The molecule has 0 aromatic heterocycles. The number of halogens is 1. The fraction of sp³-hybridized carbons (Fsp3) is 0.333. The van der Waals surface area contributed by atoms with Crippen LogP contribution in [0.15, 0.2) is 48.5 Å². The van der Waals surface area contributed by atoms with Gasteiger partial charge in [-0.3, -0.25) is 0 Å². The van der Waals surface area contributed by atoms with Crippen LogP contribution in [0.3, 0.4) is 0 Å². The van der Waals surface area contributed by atoms with Gasteiger partial charge in [-0.1, -0.05) is 24.3 Å². The maximum atomic E-state index is 13.1. The highest BCUT2D eigenvalue weighted by molar-refractivity contribution is 5.36. The van der Waals surface area contributed by atoms with Crippen molar-refractivity contribution in [3.63, 3.8) is 0 Å². The largest absolute Gasteiger partial charge is 0.491 e. The van der Waals surface area contributed by atoms with E-state index in [0.717, 1.165) is 17.7 Å². The van der Waals surface area contributed by atoms with Gasteiger partial charge in [-0.2, -0.15) is 0 Å². The van der Waals surface area contributed by atoms with Crippen molar-refractivity contribution >= 4 is 0 Å². The first kappa shape index (κ1) is 15.5. The number of nitrogens with two attached hydrogens (primary N) is 1. The summed E-state index contributed by atoms with van der Waals surface area (Å²) in [4.78, 5) is 0. The molecular formula is C18H22FNO. The zero-order valence-electron chi connectivity index (χ0n) is 12.6. The van der Waals surface area contributed by atoms with E-state index in [1.165, 1.54) is 17.7 Å². The van der Waals surface area contributed by atoms with Gasteiger partial charge in [0.25, 0.3) is 0 Å². The summed E-state index contributed by atoms with van der Waals surface area (Å²) in [5.74, 6) is 0.828. The van der Waals surface area contributed by atoms with Crippen LogP contribution in [0.1, 0.15) is 37.3 Å². The van der Waals surface area contributed by atoms with Crippen LogP contribution >= 0.6 is 0 Å². The summed E-state index contributed by atoms with van der Waals surface area (Å²) in [7, 11) is 0. The van der Waals surface area contributed by atoms with Gasteiger partial charge in [-0.25, -0.2) is 4.39 Å². The third-order valence-corrected chi connectivity index (χ3v) is 3.38. The summed E-state index contributed by atoms with van der Waals surface area (Å²) in [6.07, 6.45) is 0.989. The first-order valence-electron chi connectivity index (χ1n) is 7.32. The van der Waals surface area contributed by atoms with Gasteiger partial charge >= 0.3 is 0 Å². The third-order valence-electron chi connectivity index (χ3n) is 3.38. The van der Waals surface area contributed by atoms with Crippen molar-refractivity contribution in [2.75, 3.05) is 6.54 Å². The fourth-order valence-corrected chi connectivity index (χ4v) is 2.44. The van der Waals surface area contributed by atoms with Crippen molar-refractivity contribution in [1.29, 1.82) is 0 Å². The van der Waals surface area contributed by atoms with Crippen molar-refractivity contribution in [2.45, 2.75) is 32.3 Å². The van der Waals surface area contributed by atoms with E-state index in [1.54, 1.807) is 0 Å². The van der Waals surface area contributed by atoms with Gasteiger partial charge in [0.1, 0.15) is 11.6 Å². The van der Waals surface area contributed by atoms with Crippen molar-refractivity contribution in [1.82, 2.24) is 0 Å². The predicted octanol–water partition coefficient (Wildman–Crippen LogP) is 4.09. The van der Waals surface area contributed by atoms with Crippen LogP contribution in [0.2, 0.25) is 0 Å². The third kappa shape index (κ3) is 4.30. The molecular weight excluding hydrogens is 265 g/mol. The smallest absolute Gasteiger partial charge is 0.123 e. The summed E-state index contributed by atoms with van der Waals surface area (Å²) in [6, 6.07) is 14.7. The summed E-state index contributed by atoms with van der Waals surface area (Å²) in [6.45, 7) is 4.60. The van der Waals surface area contributed by atoms with E-state index in [4.69, 9.17) is 10.5 Å². The number of hydrogen-bond donors (Lipinski definition) is 1. The van der Waals surface area contributed by atoms with E-state index in [9.17, 15) is 4.39 Å². The average Bonchev–Trinajstić information content (AvgIpc) is 2.46. The predicted molar refractivity (Wildman–Crippen MR) is 84.1 cm³/mol. The molecule has 0 aliphatic carbocycles. The molecule has 0 fully saturated rings. The van der Waals surface area contributed by atoms with Gasteiger partial charge in [0, 0.05) is 5.92 Å². The molecule has 0 saturated heterocycles. The molecule has 0 radical (unpaired) electrons. The molecule has 0 aliphatic heterocycles. The van der Waals surface area contributed by atoms with Crippen LogP contribution in [0.5, 0.6) is 5.75 Å². The highest BCUT2D eigenvalue weighted by Gasteiger charge is 2.13. The van der Waals surface area contributed by atoms with Crippen LogP contribution in [0.4, 0.5) is 4.39 Å². The molecule has 2 rings (SSSR count). The SMILES string of the molecule is CC(C)Oc1ccc([C@H](CCN)c2ccc(F)cc2)cc1. The molecule has 2 aromatic rings. The summed E-state index contributed by atoms with van der Waals surface area (Å²) >= 11 is 0. The second kappa shape index (κ2) is 7.23. The van der Waals surface area contributed by atoms with Crippen LogP contribution in [-0.2, 0) is 0 Å². The van der Waals surface area contributed by atoms with Crippen LogP contribution in [0, 0.1) is 5.82 Å². The molecule has 1 atom stereocenters. The second-order valence-electron chi connectivity index (χ2n) is 5.42. The van der Waals surface area contributed by atoms with Crippen molar-refractivity contribution in [2.24, 2.45) is 5.73 Å². The minimum Gasteiger partial charge on any atom is -0.491 e. The number of ether oxygens (including phenoxy) is 1. The molecule has 2 N–H and O–H groups in total. The van der Waals surface area contributed by atoms with Crippen molar-refractivity contribution in [3.05, 3.63) is 65.5 Å². The van der Waals surface area contributed by atoms with E-state index in [0.29, 0.717) is 6.54 Å². The highest BCUT2D eigenvalue weighted by atomic mass is 19.1. The van der Waals surface area contributed by atoms with E-state index in [-0.39, 0.29) is 17.8 Å². The van der Waals surface area contributed by atoms with Gasteiger partial charge in [0.2, 0.25) is 0 Å². The fourth-order valence-electron chi connectivity index (χ4n) is 2.44. The Balaban J connectivity index is 2.23. The summed E-state index contributed by atoms with van der Waals surface area (Å²) < 4.78 is 18.7. The minimum absolute atomic E-state index is 0.160. The highest BCUT2D eigenvalue weighted by Crippen LogP contribution is 2.29. The maximum absolute atomic E-state index is 13.1. The molecule has 21 heavy (non-hydrogen) atoms. The van der Waals surface area contributed by atoms with E-state index >= 15 is 0 Å². The van der Waals surface area contributed by atoms with E-state index < -0.39 is 0 Å². The molecule has 2 nitrogen and oxygen atoms in total. The molecule has 0 heterocycles. The van der Waals surface area contributed by atoms with Crippen LogP contribution in [-0.4, -0.2) is 12.6 Å². The van der Waals surface area contributed by atoms with E-state index in [1.807, 2.05) is 38.1 Å². The van der Waals surface area contributed by atoms with Gasteiger partial charge in [-0.05, 0) is 62.2 Å². The lowest BCUT2D eigenvalue weighted by Gasteiger charge is -2.18. The summed E-state index contributed by atoms with van der Waals surface area (Å²) in [5, 5.41) is 0. The minimum atomic E-state index is -0.217.